The Labute approximate surface area is 105 Å². The molecule has 0 aromatic heterocycles. The SMILES string of the molecule is Cc1ccc(C(N)C(=O)NCC(F)F)cc1.Cl. The van der Waals surface area contributed by atoms with Crippen LogP contribution in [-0.4, -0.2) is 18.9 Å². The molecule has 6 heteroatoms. The summed E-state index contributed by atoms with van der Waals surface area (Å²) in [5, 5.41) is 2.08. The molecule has 0 aliphatic carbocycles. The van der Waals surface area contributed by atoms with E-state index in [-0.39, 0.29) is 12.4 Å². The summed E-state index contributed by atoms with van der Waals surface area (Å²) >= 11 is 0. The van der Waals surface area contributed by atoms with Gasteiger partial charge in [-0.3, -0.25) is 4.79 Å². The largest absolute Gasteiger partial charge is 0.349 e. The van der Waals surface area contributed by atoms with Gasteiger partial charge in [0.25, 0.3) is 6.43 Å². The first-order valence-corrected chi connectivity index (χ1v) is 4.88. The Kier molecular flexibility index (Phi) is 6.68. The zero-order valence-electron chi connectivity index (χ0n) is 9.32. The predicted octanol–water partition coefficient (Wildman–Crippen LogP) is 1.80. The summed E-state index contributed by atoms with van der Waals surface area (Å²) in [6.45, 7) is 1.24. The average Bonchev–Trinajstić information content (AvgIpc) is 2.26. The fraction of sp³-hybridized carbons (Fsp3) is 0.364. The Hall–Kier alpha value is -1.20. The van der Waals surface area contributed by atoms with Gasteiger partial charge in [0.15, 0.2) is 0 Å². The Bertz CT molecular complexity index is 357. The first-order valence-electron chi connectivity index (χ1n) is 4.88. The second-order valence-corrected chi connectivity index (χ2v) is 3.52. The van der Waals surface area contributed by atoms with Crippen molar-refractivity contribution in [2.75, 3.05) is 6.54 Å². The first-order chi connectivity index (χ1) is 7.50. The van der Waals surface area contributed by atoms with Gasteiger partial charge in [0.1, 0.15) is 6.04 Å². The van der Waals surface area contributed by atoms with Crippen molar-refractivity contribution in [1.29, 1.82) is 0 Å². The number of alkyl halides is 2. The molecule has 0 radical (unpaired) electrons. The molecule has 96 valence electrons. The maximum atomic E-state index is 11.9. The summed E-state index contributed by atoms with van der Waals surface area (Å²) in [6, 6.07) is 6.15. The zero-order valence-corrected chi connectivity index (χ0v) is 10.1. The van der Waals surface area contributed by atoms with E-state index in [9.17, 15) is 13.6 Å². The molecule has 1 unspecified atom stereocenters. The van der Waals surface area contributed by atoms with E-state index >= 15 is 0 Å². The zero-order chi connectivity index (χ0) is 12.1. The van der Waals surface area contributed by atoms with Gasteiger partial charge in [-0.15, -0.1) is 12.4 Å². The molecule has 0 aliphatic rings. The van der Waals surface area contributed by atoms with Crippen LogP contribution in [0.15, 0.2) is 24.3 Å². The number of aryl methyl sites for hydroxylation is 1. The quantitative estimate of drug-likeness (QED) is 0.871. The number of hydrogen-bond acceptors (Lipinski definition) is 2. The van der Waals surface area contributed by atoms with E-state index in [1.807, 2.05) is 19.1 Å². The Morgan fingerprint density at radius 3 is 2.35 bits per heavy atom. The monoisotopic (exact) mass is 264 g/mol. The third-order valence-corrected chi connectivity index (χ3v) is 2.15. The van der Waals surface area contributed by atoms with Crippen LogP contribution in [0, 0.1) is 6.92 Å². The summed E-state index contributed by atoms with van der Waals surface area (Å²) in [5.41, 5.74) is 7.27. The molecule has 1 amide bonds. The lowest BCUT2D eigenvalue weighted by Gasteiger charge is -2.12. The van der Waals surface area contributed by atoms with Gasteiger partial charge in [-0.05, 0) is 12.5 Å². The van der Waals surface area contributed by atoms with E-state index in [2.05, 4.69) is 5.32 Å². The highest BCUT2D eigenvalue weighted by Gasteiger charge is 2.16. The molecule has 0 bridgehead atoms. The van der Waals surface area contributed by atoms with Crippen molar-refractivity contribution in [3.8, 4) is 0 Å². The summed E-state index contributed by atoms with van der Waals surface area (Å²) in [5.74, 6) is -0.593. The van der Waals surface area contributed by atoms with E-state index in [0.717, 1.165) is 5.56 Å². The molecule has 1 aromatic carbocycles. The lowest BCUT2D eigenvalue weighted by molar-refractivity contribution is -0.123. The second kappa shape index (κ2) is 7.19. The number of rotatable bonds is 4. The molecular weight excluding hydrogens is 250 g/mol. The lowest BCUT2D eigenvalue weighted by Crippen LogP contribution is -2.36. The molecule has 0 saturated heterocycles. The van der Waals surface area contributed by atoms with Gasteiger partial charge in [0, 0.05) is 0 Å². The predicted molar refractivity (Wildman–Crippen MR) is 64.4 cm³/mol. The minimum Gasteiger partial charge on any atom is -0.349 e. The molecule has 0 saturated carbocycles. The molecule has 17 heavy (non-hydrogen) atoms. The molecule has 1 atom stereocenters. The van der Waals surface area contributed by atoms with Crippen LogP contribution in [-0.2, 0) is 4.79 Å². The smallest absolute Gasteiger partial charge is 0.255 e. The lowest BCUT2D eigenvalue weighted by atomic mass is 10.1. The number of nitrogens with one attached hydrogen (secondary N) is 1. The number of carbonyl (C=O) groups excluding carboxylic acids is 1. The summed E-state index contributed by atoms with van der Waals surface area (Å²) in [4.78, 5) is 11.4. The first kappa shape index (κ1) is 15.8. The van der Waals surface area contributed by atoms with E-state index < -0.39 is 24.9 Å². The van der Waals surface area contributed by atoms with Gasteiger partial charge in [-0.1, -0.05) is 29.8 Å². The summed E-state index contributed by atoms with van der Waals surface area (Å²) in [7, 11) is 0. The van der Waals surface area contributed by atoms with Crippen LogP contribution in [0.2, 0.25) is 0 Å². The summed E-state index contributed by atoms with van der Waals surface area (Å²) in [6.07, 6.45) is -2.56. The third kappa shape index (κ3) is 5.10. The Morgan fingerprint density at radius 2 is 1.88 bits per heavy atom. The van der Waals surface area contributed by atoms with Crippen molar-refractivity contribution in [3.63, 3.8) is 0 Å². The fourth-order valence-electron chi connectivity index (χ4n) is 1.21. The van der Waals surface area contributed by atoms with Crippen molar-refractivity contribution in [1.82, 2.24) is 5.32 Å². The van der Waals surface area contributed by atoms with Crippen molar-refractivity contribution >= 4 is 18.3 Å². The Morgan fingerprint density at radius 1 is 1.35 bits per heavy atom. The van der Waals surface area contributed by atoms with Crippen LogP contribution < -0.4 is 11.1 Å². The number of nitrogens with two attached hydrogens (primary N) is 1. The minimum absolute atomic E-state index is 0. The molecule has 1 aromatic rings. The standard InChI is InChI=1S/C11H14F2N2O.ClH/c1-7-2-4-8(5-3-7)10(14)11(16)15-6-9(12)13;/h2-5,9-10H,6,14H2,1H3,(H,15,16);1H. The molecule has 3 nitrogen and oxygen atoms in total. The second-order valence-electron chi connectivity index (χ2n) is 3.52. The van der Waals surface area contributed by atoms with Crippen LogP contribution in [0.3, 0.4) is 0 Å². The van der Waals surface area contributed by atoms with Crippen LogP contribution in [0.25, 0.3) is 0 Å². The molecule has 0 aliphatic heterocycles. The van der Waals surface area contributed by atoms with E-state index in [1.165, 1.54) is 0 Å². The Balaban J connectivity index is 0.00000256. The average molecular weight is 265 g/mol. The maximum Gasteiger partial charge on any atom is 0.255 e. The van der Waals surface area contributed by atoms with Gasteiger partial charge in [0.05, 0.1) is 6.54 Å². The molecule has 1 rings (SSSR count). The van der Waals surface area contributed by atoms with Gasteiger partial charge in [-0.25, -0.2) is 8.78 Å². The minimum atomic E-state index is -2.56. The van der Waals surface area contributed by atoms with Crippen LogP contribution in [0.4, 0.5) is 8.78 Å². The van der Waals surface area contributed by atoms with E-state index in [1.54, 1.807) is 12.1 Å². The molecular formula is C11H15ClF2N2O. The number of hydrogen-bond donors (Lipinski definition) is 2. The van der Waals surface area contributed by atoms with Crippen molar-refractivity contribution in [2.45, 2.75) is 19.4 Å². The molecule has 0 heterocycles. The van der Waals surface area contributed by atoms with Gasteiger partial charge in [0.2, 0.25) is 5.91 Å². The van der Waals surface area contributed by atoms with E-state index in [4.69, 9.17) is 5.73 Å². The normalized spacial score (nSPS) is 11.8. The topological polar surface area (TPSA) is 55.1 Å². The number of amides is 1. The van der Waals surface area contributed by atoms with Crippen LogP contribution in [0.5, 0.6) is 0 Å². The summed E-state index contributed by atoms with van der Waals surface area (Å²) < 4.78 is 23.7. The van der Waals surface area contributed by atoms with Crippen molar-refractivity contribution in [2.24, 2.45) is 5.73 Å². The molecule has 0 spiro atoms. The number of carbonyl (C=O) groups is 1. The fourth-order valence-corrected chi connectivity index (χ4v) is 1.21. The van der Waals surface area contributed by atoms with Gasteiger partial charge in [-0.2, -0.15) is 0 Å². The third-order valence-electron chi connectivity index (χ3n) is 2.15. The van der Waals surface area contributed by atoms with Gasteiger partial charge < -0.3 is 11.1 Å². The van der Waals surface area contributed by atoms with Crippen molar-refractivity contribution in [3.05, 3.63) is 35.4 Å². The number of halogens is 3. The van der Waals surface area contributed by atoms with Crippen LogP contribution in [0.1, 0.15) is 17.2 Å². The van der Waals surface area contributed by atoms with Gasteiger partial charge >= 0.3 is 0 Å². The molecule has 3 N–H and O–H groups in total. The highest BCUT2D eigenvalue weighted by molar-refractivity contribution is 5.85. The highest BCUT2D eigenvalue weighted by Crippen LogP contribution is 2.11. The van der Waals surface area contributed by atoms with E-state index in [0.29, 0.717) is 5.56 Å². The molecule has 0 fully saturated rings. The number of benzene rings is 1. The van der Waals surface area contributed by atoms with Crippen molar-refractivity contribution < 1.29 is 13.6 Å². The van der Waals surface area contributed by atoms with Crippen LogP contribution >= 0.6 is 12.4 Å². The highest BCUT2D eigenvalue weighted by atomic mass is 35.5. The maximum absolute atomic E-state index is 11.9.